The van der Waals surface area contributed by atoms with Crippen molar-refractivity contribution in [1.29, 1.82) is 0 Å². The monoisotopic (exact) mass is 367 g/mol. The van der Waals surface area contributed by atoms with E-state index in [1.165, 1.54) is 0 Å². The van der Waals surface area contributed by atoms with E-state index in [4.69, 9.17) is 9.97 Å². The van der Waals surface area contributed by atoms with E-state index in [9.17, 15) is 4.79 Å². The number of rotatable bonds is 2. The molecule has 23 heavy (non-hydrogen) atoms. The Morgan fingerprint density at radius 1 is 1.13 bits per heavy atom. The lowest BCUT2D eigenvalue weighted by atomic mass is 10.2. The van der Waals surface area contributed by atoms with Crippen molar-refractivity contribution in [2.75, 3.05) is 0 Å². The fraction of sp³-hybridized carbons (Fsp3) is 0.167. The molecule has 0 aliphatic rings. The topological polar surface area (TPSA) is 47.8 Å². The standard InChI is InChI=1S/C18H14BrN3O/c1-10(11(2)23)22-16-8-7-12(19)9-13(16)17-18(22)21-15-6-4-3-5-14(15)20-17/h3-10H,1-2H3. The second-order valence-corrected chi connectivity index (χ2v) is 6.62. The third-order valence-electron chi connectivity index (χ3n) is 4.23. The average molecular weight is 368 g/mol. The number of fused-ring (bicyclic) bond motifs is 4. The summed E-state index contributed by atoms with van der Waals surface area (Å²) >= 11 is 3.52. The molecule has 2 aromatic carbocycles. The first-order chi connectivity index (χ1) is 11.1. The van der Waals surface area contributed by atoms with Crippen LogP contribution in [0.2, 0.25) is 0 Å². The highest BCUT2D eigenvalue weighted by molar-refractivity contribution is 9.10. The normalized spacial score (nSPS) is 13.0. The van der Waals surface area contributed by atoms with E-state index >= 15 is 0 Å². The first kappa shape index (κ1) is 14.3. The minimum Gasteiger partial charge on any atom is -0.314 e. The molecule has 114 valence electrons. The van der Waals surface area contributed by atoms with Gasteiger partial charge in [-0.2, -0.15) is 0 Å². The third-order valence-corrected chi connectivity index (χ3v) is 4.72. The number of halogens is 1. The summed E-state index contributed by atoms with van der Waals surface area (Å²) in [5.41, 5.74) is 4.24. The Kier molecular flexibility index (Phi) is 3.20. The Hall–Kier alpha value is -2.27. The predicted molar refractivity (Wildman–Crippen MR) is 95.6 cm³/mol. The van der Waals surface area contributed by atoms with Crippen molar-refractivity contribution < 1.29 is 4.79 Å². The van der Waals surface area contributed by atoms with Gasteiger partial charge in [0.05, 0.1) is 22.6 Å². The summed E-state index contributed by atoms with van der Waals surface area (Å²) in [6, 6.07) is 13.5. The van der Waals surface area contributed by atoms with E-state index in [2.05, 4.69) is 15.9 Å². The number of para-hydroxylation sites is 2. The Bertz CT molecular complexity index is 1080. The maximum Gasteiger partial charge on any atom is 0.161 e. The van der Waals surface area contributed by atoms with Crippen LogP contribution in [0.3, 0.4) is 0 Å². The SMILES string of the molecule is CC(=O)C(C)n1c2ccc(Br)cc2c2nc3ccccc3nc21. The van der Waals surface area contributed by atoms with E-state index < -0.39 is 0 Å². The average Bonchev–Trinajstić information content (AvgIpc) is 2.84. The van der Waals surface area contributed by atoms with E-state index in [1.807, 2.05) is 54.0 Å². The fourth-order valence-electron chi connectivity index (χ4n) is 2.94. The molecule has 4 aromatic rings. The van der Waals surface area contributed by atoms with Crippen molar-refractivity contribution in [2.45, 2.75) is 19.9 Å². The molecule has 0 bridgehead atoms. The number of nitrogens with zero attached hydrogens (tertiary/aromatic N) is 3. The molecule has 0 radical (unpaired) electrons. The van der Waals surface area contributed by atoms with E-state index in [1.54, 1.807) is 6.92 Å². The summed E-state index contributed by atoms with van der Waals surface area (Å²) in [6.45, 7) is 3.51. The fourth-order valence-corrected chi connectivity index (χ4v) is 3.30. The van der Waals surface area contributed by atoms with Gasteiger partial charge in [0.15, 0.2) is 11.4 Å². The van der Waals surface area contributed by atoms with Crippen molar-refractivity contribution in [3.63, 3.8) is 0 Å². The molecule has 2 heterocycles. The van der Waals surface area contributed by atoms with Gasteiger partial charge >= 0.3 is 0 Å². The first-order valence-electron chi connectivity index (χ1n) is 7.42. The van der Waals surface area contributed by atoms with Gasteiger partial charge in [-0.15, -0.1) is 0 Å². The van der Waals surface area contributed by atoms with Gasteiger partial charge in [-0.3, -0.25) is 4.79 Å². The number of aromatic nitrogens is 3. The molecular weight excluding hydrogens is 354 g/mol. The largest absolute Gasteiger partial charge is 0.314 e. The highest BCUT2D eigenvalue weighted by Crippen LogP contribution is 2.33. The molecule has 4 nitrogen and oxygen atoms in total. The molecule has 2 aromatic heterocycles. The molecule has 0 amide bonds. The number of ketones is 1. The summed E-state index contributed by atoms with van der Waals surface area (Å²) < 4.78 is 2.97. The molecule has 4 rings (SSSR count). The van der Waals surface area contributed by atoms with Gasteiger partial charge in [-0.05, 0) is 44.2 Å². The van der Waals surface area contributed by atoms with Crippen molar-refractivity contribution >= 4 is 54.8 Å². The smallest absolute Gasteiger partial charge is 0.161 e. The molecule has 5 heteroatoms. The second kappa shape index (κ2) is 5.13. The lowest BCUT2D eigenvalue weighted by molar-refractivity contribution is -0.119. The van der Waals surface area contributed by atoms with Crippen molar-refractivity contribution in [1.82, 2.24) is 14.5 Å². The second-order valence-electron chi connectivity index (χ2n) is 5.70. The number of hydrogen-bond acceptors (Lipinski definition) is 3. The maximum atomic E-state index is 12.0. The lowest BCUT2D eigenvalue weighted by Gasteiger charge is -2.12. The summed E-state index contributed by atoms with van der Waals surface area (Å²) in [5.74, 6) is 0.0988. The Morgan fingerprint density at radius 2 is 1.83 bits per heavy atom. The molecule has 0 saturated heterocycles. The van der Waals surface area contributed by atoms with Crippen LogP contribution in [0.25, 0.3) is 33.1 Å². The molecule has 0 aliphatic heterocycles. The summed E-state index contributed by atoms with van der Waals surface area (Å²) in [5, 5.41) is 1.00. The number of Topliss-reactive ketones (excluding diaryl/α,β-unsaturated/α-hetero) is 1. The predicted octanol–water partition coefficient (Wildman–Crippen LogP) is 4.65. The van der Waals surface area contributed by atoms with Gasteiger partial charge < -0.3 is 4.57 Å². The van der Waals surface area contributed by atoms with Crippen LogP contribution in [0.4, 0.5) is 0 Å². The summed E-state index contributed by atoms with van der Waals surface area (Å²) in [7, 11) is 0. The number of hydrogen-bond donors (Lipinski definition) is 0. The number of carbonyl (C=O) groups excluding carboxylic acids is 1. The van der Waals surface area contributed by atoms with Crippen molar-refractivity contribution in [3.8, 4) is 0 Å². The molecule has 0 aliphatic carbocycles. The van der Waals surface area contributed by atoms with Crippen LogP contribution in [0, 0.1) is 0 Å². The highest BCUT2D eigenvalue weighted by atomic mass is 79.9. The molecule has 1 atom stereocenters. The van der Waals surface area contributed by atoms with Crippen LogP contribution in [-0.4, -0.2) is 20.3 Å². The van der Waals surface area contributed by atoms with Crippen LogP contribution >= 0.6 is 15.9 Å². The Balaban J connectivity index is 2.23. The maximum absolute atomic E-state index is 12.0. The zero-order valence-corrected chi connectivity index (χ0v) is 14.3. The van der Waals surface area contributed by atoms with E-state index in [0.29, 0.717) is 0 Å². The van der Waals surface area contributed by atoms with E-state index in [0.717, 1.165) is 37.6 Å². The van der Waals surface area contributed by atoms with Gasteiger partial charge in [-0.1, -0.05) is 28.1 Å². The van der Waals surface area contributed by atoms with Crippen molar-refractivity contribution in [3.05, 3.63) is 46.9 Å². The quantitative estimate of drug-likeness (QED) is 0.518. The Morgan fingerprint density at radius 3 is 2.52 bits per heavy atom. The minimum atomic E-state index is -0.286. The lowest BCUT2D eigenvalue weighted by Crippen LogP contribution is -2.13. The molecule has 0 spiro atoms. The highest BCUT2D eigenvalue weighted by Gasteiger charge is 2.20. The molecule has 0 N–H and O–H groups in total. The minimum absolute atomic E-state index is 0.0988. The summed E-state index contributed by atoms with van der Waals surface area (Å²) in [6.07, 6.45) is 0. The third kappa shape index (κ3) is 2.15. The van der Waals surface area contributed by atoms with Crippen LogP contribution < -0.4 is 0 Å². The molecule has 0 fully saturated rings. The van der Waals surface area contributed by atoms with Gasteiger partial charge in [-0.25, -0.2) is 9.97 Å². The molecular formula is C18H14BrN3O. The Labute approximate surface area is 141 Å². The molecule has 1 unspecified atom stereocenters. The van der Waals surface area contributed by atoms with Gasteiger partial charge in [0.2, 0.25) is 0 Å². The van der Waals surface area contributed by atoms with Crippen LogP contribution in [-0.2, 0) is 4.79 Å². The van der Waals surface area contributed by atoms with Crippen LogP contribution in [0.15, 0.2) is 46.9 Å². The summed E-state index contributed by atoms with van der Waals surface area (Å²) in [4.78, 5) is 21.6. The van der Waals surface area contributed by atoms with Crippen molar-refractivity contribution in [2.24, 2.45) is 0 Å². The molecule has 0 saturated carbocycles. The zero-order valence-electron chi connectivity index (χ0n) is 12.7. The number of benzene rings is 2. The van der Waals surface area contributed by atoms with Gasteiger partial charge in [0, 0.05) is 9.86 Å². The van der Waals surface area contributed by atoms with Gasteiger partial charge in [0.25, 0.3) is 0 Å². The van der Waals surface area contributed by atoms with Crippen LogP contribution in [0.1, 0.15) is 19.9 Å². The number of carbonyl (C=O) groups is 1. The zero-order chi connectivity index (χ0) is 16.1. The van der Waals surface area contributed by atoms with E-state index in [-0.39, 0.29) is 11.8 Å². The van der Waals surface area contributed by atoms with Crippen LogP contribution in [0.5, 0.6) is 0 Å². The van der Waals surface area contributed by atoms with Gasteiger partial charge in [0.1, 0.15) is 5.52 Å². The first-order valence-corrected chi connectivity index (χ1v) is 8.22.